The van der Waals surface area contributed by atoms with Crippen LogP contribution in [-0.2, 0) is 0 Å². The lowest BCUT2D eigenvalue weighted by Crippen LogP contribution is -2.42. The van der Waals surface area contributed by atoms with Crippen LogP contribution in [0.25, 0.3) is 0 Å². The third-order valence-electron chi connectivity index (χ3n) is 3.32. The maximum Gasteiger partial charge on any atom is 0.271 e. The van der Waals surface area contributed by atoms with Crippen molar-refractivity contribution in [3.8, 4) is 0 Å². The van der Waals surface area contributed by atoms with Crippen molar-refractivity contribution in [1.82, 2.24) is 0 Å². The van der Waals surface area contributed by atoms with Crippen molar-refractivity contribution in [1.29, 1.82) is 0 Å². The number of aliphatic hydroxyl groups is 1. The van der Waals surface area contributed by atoms with E-state index in [0.29, 0.717) is 31.0 Å². The molecule has 1 aliphatic rings. The SMILES string of the molecule is CC1(O)CCN(c2ccc([N+](=O)[O-])cc2Cl)CC1. The maximum atomic E-state index is 10.6. The van der Waals surface area contributed by atoms with E-state index < -0.39 is 10.5 Å². The van der Waals surface area contributed by atoms with Gasteiger partial charge in [-0.3, -0.25) is 10.1 Å². The minimum Gasteiger partial charge on any atom is -0.390 e. The number of benzene rings is 1. The van der Waals surface area contributed by atoms with E-state index >= 15 is 0 Å². The lowest BCUT2D eigenvalue weighted by molar-refractivity contribution is -0.384. The normalized spacial score (nSPS) is 18.7. The summed E-state index contributed by atoms with van der Waals surface area (Å²) in [7, 11) is 0. The molecule has 0 bridgehead atoms. The molecule has 0 aromatic heterocycles. The molecule has 1 aromatic rings. The van der Waals surface area contributed by atoms with Gasteiger partial charge in [0.1, 0.15) is 0 Å². The van der Waals surface area contributed by atoms with E-state index in [1.54, 1.807) is 6.07 Å². The Labute approximate surface area is 110 Å². The van der Waals surface area contributed by atoms with Crippen molar-refractivity contribution in [3.05, 3.63) is 33.3 Å². The van der Waals surface area contributed by atoms with Crippen LogP contribution in [0.4, 0.5) is 11.4 Å². The second kappa shape index (κ2) is 4.74. The van der Waals surface area contributed by atoms with Crippen LogP contribution in [-0.4, -0.2) is 28.7 Å². The highest BCUT2D eigenvalue weighted by atomic mass is 35.5. The van der Waals surface area contributed by atoms with Gasteiger partial charge in [-0.2, -0.15) is 0 Å². The Morgan fingerprint density at radius 1 is 1.44 bits per heavy atom. The first-order chi connectivity index (χ1) is 8.39. The average molecular weight is 271 g/mol. The number of nitro benzene ring substituents is 1. The van der Waals surface area contributed by atoms with E-state index in [-0.39, 0.29) is 5.69 Å². The number of rotatable bonds is 2. The second-order valence-corrected chi connectivity index (χ2v) is 5.28. The maximum absolute atomic E-state index is 10.6. The van der Waals surface area contributed by atoms with Gasteiger partial charge in [-0.15, -0.1) is 0 Å². The first-order valence-corrected chi connectivity index (χ1v) is 6.18. The molecule has 1 saturated heterocycles. The largest absolute Gasteiger partial charge is 0.390 e. The molecule has 1 aliphatic heterocycles. The minimum absolute atomic E-state index is 0.00671. The standard InChI is InChI=1S/C12H15ClN2O3/c1-12(16)4-6-14(7-5-12)11-3-2-9(15(17)18)8-10(11)13/h2-3,8,16H,4-7H2,1H3. The first kappa shape index (κ1) is 13.1. The summed E-state index contributed by atoms with van der Waals surface area (Å²) in [6.45, 7) is 3.22. The summed E-state index contributed by atoms with van der Waals surface area (Å²) in [4.78, 5) is 12.2. The van der Waals surface area contributed by atoms with Crippen LogP contribution in [0.15, 0.2) is 18.2 Å². The molecule has 0 radical (unpaired) electrons. The molecule has 0 spiro atoms. The molecule has 1 heterocycles. The van der Waals surface area contributed by atoms with Crippen molar-refractivity contribution in [2.75, 3.05) is 18.0 Å². The van der Waals surface area contributed by atoms with Gasteiger partial charge < -0.3 is 10.0 Å². The fourth-order valence-electron chi connectivity index (χ4n) is 2.10. The molecule has 2 rings (SSSR count). The smallest absolute Gasteiger partial charge is 0.271 e. The summed E-state index contributed by atoms with van der Waals surface area (Å²) >= 11 is 6.07. The number of nitrogens with zero attached hydrogens (tertiary/aromatic N) is 2. The topological polar surface area (TPSA) is 66.6 Å². The monoisotopic (exact) mass is 270 g/mol. The number of halogens is 1. The van der Waals surface area contributed by atoms with Crippen molar-refractivity contribution >= 4 is 23.0 Å². The predicted octanol–water partition coefficient (Wildman–Crippen LogP) is 2.60. The minimum atomic E-state index is -0.621. The van der Waals surface area contributed by atoms with E-state index in [2.05, 4.69) is 0 Å². The lowest BCUT2D eigenvalue weighted by Gasteiger charge is -2.37. The van der Waals surface area contributed by atoms with Gasteiger partial charge in [-0.1, -0.05) is 11.6 Å². The van der Waals surface area contributed by atoms with Crippen molar-refractivity contribution in [2.24, 2.45) is 0 Å². The van der Waals surface area contributed by atoms with Crippen LogP contribution in [0.3, 0.4) is 0 Å². The Kier molecular flexibility index (Phi) is 3.45. The number of anilines is 1. The molecule has 98 valence electrons. The molecule has 5 nitrogen and oxygen atoms in total. The van der Waals surface area contributed by atoms with Crippen LogP contribution >= 0.6 is 11.6 Å². The first-order valence-electron chi connectivity index (χ1n) is 5.80. The highest BCUT2D eigenvalue weighted by molar-refractivity contribution is 6.33. The second-order valence-electron chi connectivity index (χ2n) is 4.88. The van der Waals surface area contributed by atoms with Crippen LogP contribution in [0.2, 0.25) is 5.02 Å². The number of hydrogen-bond acceptors (Lipinski definition) is 4. The fourth-order valence-corrected chi connectivity index (χ4v) is 2.39. The molecule has 0 unspecified atom stereocenters. The third-order valence-corrected chi connectivity index (χ3v) is 3.63. The number of non-ortho nitro benzene ring substituents is 1. The van der Waals surface area contributed by atoms with Crippen LogP contribution in [0, 0.1) is 10.1 Å². The van der Waals surface area contributed by atoms with Crippen LogP contribution in [0.1, 0.15) is 19.8 Å². The number of piperidine rings is 1. The summed E-state index contributed by atoms with van der Waals surface area (Å²) in [6.07, 6.45) is 1.33. The Hall–Kier alpha value is -1.33. The molecular weight excluding hydrogens is 256 g/mol. The molecule has 0 atom stereocenters. The van der Waals surface area contributed by atoms with E-state index in [9.17, 15) is 15.2 Å². The van der Waals surface area contributed by atoms with Crippen molar-refractivity contribution < 1.29 is 10.0 Å². The Bertz CT molecular complexity index is 466. The number of hydrogen-bond donors (Lipinski definition) is 1. The van der Waals surface area contributed by atoms with Crippen LogP contribution in [0.5, 0.6) is 0 Å². The van der Waals surface area contributed by atoms with Gasteiger partial charge in [0.2, 0.25) is 0 Å². The molecule has 6 heteroatoms. The van der Waals surface area contributed by atoms with Gasteiger partial charge in [-0.05, 0) is 25.8 Å². The van der Waals surface area contributed by atoms with Gasteiger partial charge in [0, 0.05) is 25.2 Å². The quantitative estimate of drug-likeness (QED) is 0.663. The van der Waals surface area contributed by atoms with Gasteiger partial charge in [0.25, 0.3) is 5.69 Å². The molecular formula is C12H15ClN2O3. The van der Waals surface area contributed by atoms with Gasteiger partial charge in [0.05, 0.1) is 21.2 Å². The summed E-state index contributed by atoms with van der Waals surface area (Å²) < 4.78 is 0. The highest BCUT2D eigenvalue weighted by Crippen LogP contribution is 2.33. The zero-order valence-electron chi connectivity index (χ0n) is 10.1. The molecule has 1 fully saturated rings. The molecule has 1 aromatic carbocycles. The van der Waals surface area contributed by atoms with E-state index in [1.807, 2.05) is 11.8 Å². The summed E-state index contributed by atoms with van der Waals surface area (Å²) in [5, 5.41) is 20.9. The molecule has 0 aliphatic carbocycles. The fraction of sp³-hybridized carbons (Fsp3) is 0.500. The molecule has 0 amide bonds. The zero-order chi connectivity index (χ0) is 13.3. The molecule has 1 N–H and O–H groups in total. The lowest BCUT2D eigenvalue weighted by atomic mass is 9.93. The predicted molar refractivity (Wildman–Crippen MR) is 70.2 cm³/mol. The third kappa shape index (κ3) is 2.73. The van der Waals surface area contributed by atoms with Gasteiger partial charge in [-0.25, -0.2) is 0 Å². The summed E-state index contributed by atoms with van der Waals surface area (Å²) in [5.41, 5.74) is 0.162. The Morgan fingerprint density at radius 2 is 2.06 bits per heavy atom. The Morgan fingerprint density at radius 3 is 2.56 bits per heavy atom. The van der Waals surface area contributed by atoms with Gasteiger partial charge in [0.15, 0.2) is 0 Å². The highest BCUT2D eigenvalue weighted by Gasteiger charge is 2.28. The van der Waals surface area contributed by atoms with Crippen molar-refractivity contribution in [3.63, 3.8) is 0 Å². The molecule has 0 saturated carbocycles. The van der Waals surface area contributed by atoms with Gasteiger partial charge >= 0.3 is 0 Å². The van der Waals surface area contributed by atoms with E-state index in [1.165, 1.54) is 12.1 Å². The average Bonchev–Trinajstić information content (AvgIpc) is 2.29. The van der Waals surface area contributed by atoms with Crippen LogP contribution < -0.4 is 4.90 Å². The zero-order valence-corrected chi connectivity index (χ0v) is 10.9. The summed E-state index contributed by atoms with van der Waals surface area (Å²) in [5.74, 6) is 0. The summed E-state index contributed by atoms with van der Waals surface area (Å²) in [6, 6.07) is 4.48. The Balaban J connectivity index is 2.17. The van der Waals surface area contributed by atoms with E-state index in [0.717, 1.165) is 5.69 Å². The van der Waals surface area contributed by atoms with E-state index in [4.69, 9.17) is 11.6 Å². The van der Waals surface area contributed by atoms with Crippen molar-refractivity contribution in [2.45, 2.75) is 25.4 Å². The number of nitro groups is 1. The molecule has 18 heavy (non-hydrogen) atoms.